The first-order chi connectivity index (χ1) is 13.6. The summed E-state index contributed by atoms with van der Waals surface area (Å²) in [6.45, 7) is 6.40. The van der Waals surface area contributed by atoms with Crippen LogP contribution < -0.4 is 0 Å². The van der Waals surface area contributed by atoms with Gasteiger partial charge in [0, 0.05) is 28.9 Å². The zero-order chi connectivity index (χ0) is 19.3. The van der Waals surface area contributed by atoms with Crippen molar-refractivity contribution in [3.05, 3.63) is 78.2 Å². The molecule has 28 heavy (non-hydrogen) atoms. The topological polar surface area (TPSA) is 43.9 Å². The van der Waals surface area contributed by atoms with E-state index in [0.717, 1.165) is 39.1 Å². The molecule has 0 saturated carbocycles. The first-order valence-electron chi connectivity index (χ1n) is 9.55. The van der Waals surface area contributed by atoms with Crippen LogP contribution in [0.25, 0.3) is 39.1 Å². The lowest BCUT2D eigenvalue weighted by Crippen LogP contribution is -2.02. The van der Waals surface area contributed by atoms with Gasteiger partial charge >= 0.3 is 0 Å². The summed E-state index contributed by atoms with van der Waals surface area (Å²) >= 11 is 0. The molecule has 0 saturated heterocycles. The number of pyridine rings is 1. The Morgan fingerprint density at radius 3 is 2.64 bits per heavy atom. The minimum Gasteiger partial charge on any atom is -0.437 e. The Labute approximate surface area is 163 Å². The van der Waals surface area contributed by atoms with E-state index in [2.05, 4.69) is 76.9 Å². The van der Waals surface area contributed by atoms with Crippen LogP contribution in [0.5, 0.6) is 0 Å². The second-order valence-corrected chi connectivity index (χ2v) is 7.42. The second kappa shape index (κ2) is 6.34. The van der Waals surface area contributed by atoms with Crippen LogP contribution in [-0.2, 0) is 0 Å². The Bertz CT molecular complexity index is 1310. The SMILES string of the molecule is Cc1ccc2c(n1)oc1c(-c3nccn3-c3ccccc3C(C)C)cccc12. The molecule has 0 atom stereocenters. The Morgan fingerprint density at radius 2 is 1.79 bits per heavy atom. The number of aromatic nitrogens is 3. The maximum absolute atomic E-state index is 6.19. The van der Waals surface area contributed by atoms with Gasteiger partial charge in [0.25, 0.3) is 0 Å². The van der Waals surface area contributed by atoms with E-state index in [4.69, 9.17) is 4.42 Å². The third kappa shape index (κ3) is 2.53. The van der Waals surface area contributed by atoms with Gasteiger partial charge in [-0.05, 0) is 42.7 Å². The molecule has 3 aromatic heterocycles. The molecule has 0 N–H and O–H groups in total. The Kier molecular flexibility index (Phi) is 3.79. The van der Waals surface area contributed by atoms with Crippen LogP contribution >= 0.6 is 0 Å². The molecule has 5 aromatic rings. The van der Waals surface area contributed by atoms with Crippen molar-refractivity contribution >= 4 is 22.1 Å². The van der Waals surface area contributed by atoms with Crippen molar-refractivity contribution < 1.29 is 4.42 Å². The maximum Gasteiger partial charge on any atom is 0.227 e. The molecule has 4 nitrogen and oxygen atoms in total. The molecular formula is C24H21N3O. The number of aryl methyl sites for hydroxylation is 1. The van der Waals surface area contributed by atoms with E-state index >= 15 is 0 Å². The summed E-state index contributed by atoms with van der Waals surface area (Å²) < 4.78 is 8.34. The number of fused-ring (bicyclic) bond motifs is 3. The van der Waals surface area contributed by atoms with Crippen molar-refractivity contribution in [1.29, 1.82) is 0 Å². The number of furan rings is 1. The van der Waals surface area contributed by atoms with Crippen LogP contribution in [0, 0.1) is 6.92 Å². The summed E-state index contributed by atoms with van der Waals surface area (Å²) in [5.74, 6) is 1.29. The van der Waals surface area contributed by atoms with Gasteiger partial charge in [0.2, 0.25) is 5.71 Å². The van der Waals surface area contributed by atoms with E-state index in [9.17, 15) is 0 Å². The van der Waals surface area contributed by atoms with E-state index in [0.29, 0.717) is 11.6 Å². The number of nitrogens with zero attached hydrogens (tertiary/aromatic N) is 3. The van der Waals surface area contributed by atoms with Crippen molar-refractivity contribution in [1.82, 2.24) is 14.5 Å². The van der Waals surface area contributed by atoms with Crippen LogP contribution in [0.1, 0.15) is 31.0 Å². The lowest BCUT2D eigenvalue weighted by molar-refractivity contribution is 0.653. The van der Waals surface area contributed by atoms with Gasteiger partial charge in [-0.3, -0.25) is 4.57 Å². The van der Waals surface area contributed by atoms with E-state index in [1.165, 1.54) is 5.56 Å². The quantitative estimate of drug-likeness (QED) is 0.378. The standard InChI is InChI=1S/C24H21N3O/c1-15(2)17-7-4-5-10-21(17)27-14-13-25-23(27)20-9-6-8-18-19-12-11-16(3)26-24(19)28-22(18)20/h4-15H,1-3H3. The monoisotopic (exact) mass is 367 g/mol. The third-order valence-electron chi connectivity index (χ3n) is 5.20. The summed E-state index contributed by atoms with van der Waals surface area (Å²) in [6.07, 6.45) is 3.86. The number of hydrogen-bond donors (Lipinski definition) is 0. The highest BCUT2D eigenvalue weighted by Gasteiger charge is 2.18. The van der Waals surface area contributed by atoms with Gasteiger partial charge in [0.1, 0.15) is 11.4 Å². The van der Waals surface area contributed by atoms with Crippen molar-refractivity contribution in [2.45, 2.75) is 26.7 Å². The van der Waals surface area contributed by atoms with Crippen molar-refractivity contribution in [2.24, 2.45) is 0 Å². The van der Waals surface area contributed by atoms with E-state index in [1.807, 2.05) is 25.4 Å². The first kappa shape index (κ1) is 16.8. The number of imidazole rings is 1. The number of hydrogen-bond acceptors (Lipinski definition) is 3. The molecular weight excluding hydrogens is 346 g/mol. The fourth-order valence-electron chi connectivity index (χ4n) is 3.84. The predicted molar refractivity (Wildman–Crippen MR) is 113 cm³/mol. The Morgan fingerprint density at radius 1 is 0.929 bits per heavy atom. The van der Waals surface area contributed by atoms with Gasteiger partial charge in [0.15, 0.2) is 0 Å². The zero-order valence-electron chi connectivity index (χ0n) is 16.2. The van der Waals surface area contributed by atoms with Gasteiger partial charge < -0.3 is 4.42 Å². The number of rotatable bonds is 3. The van der Waals surface area contributed by atoms with E-state index < -0.39 is 0 Å². The highest BCUT2D eigenvalue weighted by atomic mass is 16.3. The molecule has 2 aromatic carbocycles. The molecule has 0 amide bonds. The van der Waals surface area contributed by atoms with Gasteiger partial charge in [0.05, 0.1) is 11.3 Å². The molecule has 5 rings (SSSR count). The van der Waals surface area contributed by atoms with Crippen LogP contribution in [0.3, 0.4) is 0 Å². The van der Waals surface area contributed by atoms with Crippen LogP contribution in [0.2, 0.25) is 0 Å². The normalized spacial score (nSPS) is 11.7. The minimum atomic E-state index is 0.417. The minimum absolute atomic E-state index is 0.417. The van der Waals surface area contributed by atoms with Gasteiger partial charge in [-0.25, -0.2) is 9.97 Å². The summed E-state index contributed by atoms with van der Waals surface area (Å²) in [4.78, 5) is 9.24. The van der Waals surface area contributed by atoms with Gasteiger partial charge in [-0.2, -0.15) is 0 Å². The van der Waals surface area contributed by atoms with Crippen LogP contribution in [0.15, 0.2) is 71.4 Å². The van der Waals surface area contributed by atoms with Crippen LogP contribution in [0.4, 0.5) is 0 Å². The molecule has 0 aliphatic carbocycles. The second-order valence-electron chi connectivity index (χ2n) is 7.42. The Hall–Kier alpha value is -3.40. The van der Waals surface area contributed by atoms with Crippen molar-refractivity contribution in [3.8, 4) is 17.1 Å². The van der Waals surface area contributed by atoms with Crippen LogP contribution in [-0.4, -0.2) is 14.5 Å². The highest BCUT2D eigenvalue weighted by Crippen LogP contribution is 2.36. The molecule has 0 fully saturated rings. The number of para-hydroxylation sites is 2. The highest BCUT2D eigenvalue weighted by molar-refractivity contribution is 6.08. The smallest absolute Gasteiger partial charge is 0.227 e. The molecule has 0 radical (unpaired) electrons. The van der Waals surface area contributed by atoms with E-state index in [-0.39, 0.29) is 0 Å². The maximum atomic E-state index is 6.19. The molecule has 138 valence electrons. The average Bonchev–Trinajstić information content (AvgIpc) is 3.31. The lowest BCUT2D eigenvalue weighted by Gasteiger charge is -2.15. The molecule has 3 heterocycles. The largest absolute Gasteiger partial charge is 0.437 e. The summed E-state index contributed by atoms with van der Waals surface area (Å²) in [5, 5.41) is 2.09. The molecule has 0 bridgehead atoms. The summed E-state index contributed by atoms with van der Waals surface area (Å²) in [5.41, 5.74) is 5.84. The van der Waals surface area contributed by atoms with Crippen molar-refractivity contribution in [3.63, 3.8) is 0 Å². The molecule has 0 aliphatic rings. The Balaban J connectivity index is 1.78. The first-order valence-corrected chi connectivity index (χ1v) is 9.55. The summed E-state index contributed by atoms with van der Waals surface area (Å²) in [6, 6.07) is 18.8. The molecule has 0 aliphatic heterocycles. The summed E-state index contributed by atoms with van der Waals surface area (Å²) in [7, 11) is 0. The van der Waals surface area contributed by atoms with Gasteiger partial charge in [-0.1, -0.05) is 44.2 Å². The van der Waals surface area contributed by atoms with Gasteiger partial charge in [-0.15, -0.1) is 0 Å². The van der Waals surface area contributed by atoms with E-state index in [1.54, 1.807) is 0 Å². The fraction of sp³-hybridized carbons (Fsp3) is 0.167. The van der Waals surface area contributed by atoms with Crippen molar-refractivity contribution in [2.75, 3.05) is 0 Å². The third-order valence-corrected chi connectivity index (χ3v) is 5.20. The predicted octanol–water partition coefficient (Wildman–Crippen LogP) is 6.27. The number of benzene rings is 2. The lowest BCUT2D eigenvalue weighted by atomic mass is 10.0. The molecule has 0 unspecified atom stereocenters. The molecule has 0 spiro atoms. The zero-order valence-corrected chi connectivity index (χ0v) is 16.2. The molecule has 4 heteroatoms. The average molecular weight is 367 g/mol. The fourth-order valence-corrected chi connectivity index (χ4v) is 3.84.